The SMILES string of the molecule is CCCc1nc(-c2ccc(SC)cc2)sc1CNC(C)C. The first kappa shape index (κ1) is 16.5. The molecule has 0 amide bonds. The lowest BCUT2D eigenvalue weighted by atomic mass is 10.2. The van der Waals surface area contributed by atoms with Crippen molar-refractivity contribution in [3.05, 3.63) is 34.8 Å². The van der Waals surface area contributed by atoms with Crippen LogP contribution in [0.1, 0.15) is 37.8 Å². The van der Waals surface area contributed by atoms with E-state index in [0.29, 0.717) is 6.04 Å². The highest BCUT2D eigenvalue weighted by Gasteiger charge is 2.12. The number of aromatic nitrogens is 1. The molecule has 2 nitrogen and oxygen atoms in total. The van der Waals surface area contributed by atoms with E-state index in [1.807, 2.05) is 11.3 Å². The number of nitrogens with zero attached hydrogens (tertiary/aromatic N) is 1. The average molecular weight is 321 g/mol. The Balaban J connectivity index is 2.24. The molecule has 0 fully saturated rings. The average Bonchev–Trinajstić information content (AvgIpc) is 2.89. The third-order valence-electron chi connectivity index (χ3n) is 3.27. The summed E-state index contributed by atoms with van der Waals surface area (Å²) in [7, 11) is 0. The zero-order valence-corrected chi connectivity index (χ0v) is 14.9. The van der Waals surface area contributed by atoms with Crippen molar-refractivity contribution < 1.29 is 0 Å². The standard InChI is InChI=1S/C17H24N2S2/c1-5-6-15-16(11-18-12(2)3)21-17(19-15)13-7-9-14(20-4)10-8-13/h7-10,12,18H,5-6,11H2,1-4H3. The monoisotopic (exact) mass is 320 g/mol. The normalized spacial score (nSPS) is 11.3. The van der Waals surface area contributed by atoms with Crippen molar-refractivity contribution in [2.24, 2.45) is 0 Å². The van der Waals surface area contributed by atoms with Crippen LogP contribution in [0.5, 0.6) is 0 Å². The van der Waals surface area contributed by atoms with Gasteiger partial charge in [-0.25, -0.2) is 4.98 Å². The van der Waals surface area contributed by atoms with Crippen molar-refractivity contribution in [1.29, 1.82) is 0 Å². The summed E-state index contributed by atoms with van der Waals surface area (Å²) in [5.41, 5.74) is 2.49. The van der Waals surface area contributed by atoms with E-state index in [-0.39, 0.29) is 0 Å². The third-order valence-corrected chi connectivity index (χ3v) is 5.16. The van der Waals surface area contributed by atoms with Crippen molar-refractivity contribution in [2.45, 2.75) is 51.1 Å². The van der Waals surface area contributed by atoms with Crippen LogP contribution in [0.2, 0.25) is 0 Å². The zero-order chi connectivity index (χ0) is 15.2. The highest BCUT2D eigenvalue weighted by molar-refractivity contribution is 7.98. The summed E-state index contributed by atoms with van der Waals surface area (Å²) in [6.07, 6.45) is 4.31. The van der Waals surface area contributed by atoms with Crippen molar-refractivity contribution in [1.82, 2.24) is 10.3 Å². The quantitative estimate of drug-likeness (QED) is 0.728. The molecule has 2 rings (SSSR count). The lowest BCUT2D eigenvalue weighted by molar-refractivity contribution is 0.589. The van der Waals surface area contributed by atoms with Crippen LogP contribution in [-0.4, -0.2) is 17.3 Å². The Bertz CT molecular complexity index is 559. The van der Waals surface area contributed by atoms with E-state index < -0.39 is 0 Å². The Morgan fingerprint density at radius 2 is 1.95 bits per heavy atom. The lowest BCUT2D eigenvalue weighted by Gasteiger charge is -2.07. The van der Waals surface area contributed by atoms with Gasteiger partial charge in [-0.15, -0.1) is 23.1 Å². The molecule has 0 bridgehead atoms. The number of benzene rings is 1. The van der Waals surface area contributed by atoms with Crippen LogP contribution in [0, 0.1) is 0 Å². The smallest absolute Gasteiger partial charge is 0.123 e. The number of rotatable bonds is 7. The van der Waals surface area contributed by atoms with Gasteiger partial charge in [0.05, 0.1) is 5.69 Å². The molecular formula is C17H24N2S2. The fourth-order valence-electron chi connectivity index (χ4n) is 2.11. The lowest BCUT2D eigenvalue weighted by Crippen LogP contribution is -2.21. The van der Waals surface area contributed by atoms with Gasteiger partial charge in [0.25, 0.3) is 0 Å². The van der Waals surface area contributed by atoms with Crippen molar-refractivity contribution >= 4 is 23.1 Å². The maximum absolute atomic E-state index is 4.88. The number of thioether (sulfide) groups is 1. The summed E-state index contributed by atoms with van der Waals surface area (Å²) in [6.45, 7) is 7.50. The first-order valence-electron chi connectivity index (χ1n) is 7.50. The molecule has 4 heteroatoms. The summed E-state index contributed by atoms with van der Waals surface area (Å²) in [5, 5.41) is 4.66. The Morgan fingerprint density at radius 1 is 1.24 bits per heavy atom. The molecular weight excluding hydrogens is 296 g/mol. The molecule has 114 valence electrons. The van der Waals surface area contributed by atoms with Gasteiger partial charge in [0.15, 0.2) is 0 Å². The summed E-state index contributed by atoms with van der Waals surface area (Å²) < 4.78 is 0. The van der Waals surface area contributed by atoms with Crippen LogP contribution >= 0.6 is 23.1 Å². The van der Waals surface area contributed by atoms with Gasteiger partial charge in [0, 0.05) is 27.9 Å². The van der Waals surface area contributed by atoms with Gasteiger partial charge >= 0.3 is 0 Å². The zero-order valence-electron chi connectivity index (χ0n) is 13.3. The van der Waals surface area contributed by atoms with Gasteiger partial charge in [-0.2, -0.15) is 0 Å². The second-order valence-electron chi connectivity index (χ2n) is 5.40. The maximum atomic E-state index is 4.88. The third kappa shape index (κ3) is 4.56. The first-order valence-corrected chi connectivity index (χ1v) is 9.54. The molecule has 0 unspecified atom stereocenters. The van der Waals surface area contributed by atoms with Crippen molar-refractivity contribution in [3.63, 3.8) is 0 Å². The molecule has 0 aliphatic heterocycles. The van der Waals surface area contributed by atoms with Gasteiger partial charge in [-0.05, 0) is 24.8 Å². The second kappa shape index (κ2) is 7.97. The highest BCUT2D eigenvalue weighted by Crippen LogP contribution is 2.30. The van der Waals surface area contributed by atoms with E-state index >= 15 is 0 Å². The molecule has 0 aliphatic carbocycles. The number of thiazole rings is 1. The summed E-state index contributed by atoms with van der Waals surface area (Å²) in [4.78, 5) is 7.56. The second-order valence-corrected chi connectivity index (χ2v) is 7.37. The Kier molecular flexibility index (Phi) is 6.27. The molecule has 0 radical (unpaired) electrons. The Labute approximate surface area is 136 Å². The predicted octanol–water partition coefficient (Wildman–Crippen LogP) is 4.98. The molecule has 0 saturated heterocycles. The fraction of sp³-hybridized carbons (Fsp3) is 0.471. The number of nitrogens with one attached hydrogen (secondary N) is 1. The molecule has 0 aliphatic rings. The van der Waals surface area contributed by atoms with Crippen LogP contribution in [0.25, 0.3) is 10.6 Å². The van der Waals surface area contributed by atoms with Crippen molar-refractivity contribution in [2.75, 3.05) is 6.26 Å². The molecule has 1 aromatic carbocycles. The molecule has 0 atom stereocenters. The van der Waals surface area contributed by atoms with Gasteiger partial charge in [0.2, 0.25) is 0 Å². The molecule has 0 saturated carbocycles. The predicted molar refractivity (Wildman–Crippen MR) is 95.3 cm³/mol. The van der Waals surface area contributed by atoms with E-state index in [4.69, 9.17) is 4.98 Å². The molecule has 2 aromatic rings. The van der Waals surface area contributed by atoms with Gasteiger partial charge < -0.3 is 5.32 Å². The van der Waals surface area contributed by atoms with Gasteiger partial charge in [-0.3, -0.25) is 0 Å². The van der Waals surface area contributed by atoms with Crippen LogP contribution < -0.4 is 5.32 Å². The summed E-state index contributed by atoms with van der Waals surface area (Å²) in [5.74, 6) is 0. The number of hydrogen-bond donors (Lipinski definition) is 1. The fourth-order valence-corrected chi connectivity index (χ4v) is 3.58. The van der Waals surface area contributed by atoms with E-state index in [1.54, 1.807) is 11.8 Å². The van der Waals surface area contributed by atoms with Crippen molar-refractivity contribution in [3.8, 4) is 10.6 Å². The minimum atomic E-state index is 0.505. The van der Waals surface area contributed by atoms with Crippen LogP contribution in [0.3, 0.4) is 0 Å². The highest BCUT2D eigenvalue weighted by atomic mass is 32.2. The topological polar surface area (TPSA) is 24.9 Å². The van der Waals surface area contributed by atoms with Crippen LogP contribution in [0.4, 0.5) is 0 Å². The molecule has 1 heterocycles. The molecule has 1 aromatic heterocycles. The molecule has 1 N–H and O–H groups in total. The van der Waals surface area contributed by atoms with E-state index in [9.17, 15) is 0 Å². The molecule has 0 spiro atoms. The van der Waals surface area contributed by atoms with E-state index in [0.717, 1.165) is 24.4 Å². The summed E-state index contributed by atoms with van der Waals surface area (Å²) in [6, 6.07) is 9.21. The van der Waals surface area contributed by atoms with Gasteiger partial charge in [-0.1, -0.05) is 39.3 Å². The number of hydrogen-bond acceptors (Lipinski definition) is 4. The largest absolute Gasteiger partial charge is 0.310 e. The maximum Gasteiger partial charge on any atom is 0.123 e. The minimum absolute atomic E-state index is 0.505. The Hall–Kier alpha value is -0.840. The van der Waals surface area contributed by atoms with Crippen LogP contribution in [0.15, 0.2) is 29.2 Å². The van der Waals surface area contributed by atoms with Crippen LogP contribution in [-0.2, 0) is 13.0 Å². The Morgan fingerprint density at radius 3 is 2.52 bits per heavy atom. The summed E-state index contributed by atoms with van der Waals surface area (Å²) >= 11 is 3.60. The molecule has 21 heavy (non-hydrogen) atoms. The van der Waals surface area contributed by atoms with E-state index in [1.165, 1.54) is 21.0 Å². The first-order chi connectivity index (χ1) is 10.1. The van der Waals surface area contributed by atoms with Gasteiger partial charge in [0.1, 0.15) is 5.01 Å². The number of aryl methyl sites for hydroxylation is 1. The van der Waals surface area contributed by atoms with E-state index in [2.05, 4.69) is 56.6 Å². The minimum Gasteiger partial charge on any atom is -0.310 e.